The van der Waals surface area contributed by atoms with Gasteiger partial charge in [-0.2, -0.15) is 0 Å². The summed E-state index contributed by atoms with van der Waals surface area (Å²) in [5.41, 5.74) is 12.1. The minimum atomic E-state index is 0.113. The van der Waals surface area contributed by atoms with E-state index in [4.69, 9.17) is 4.74 Å². The molecule has 0 spiro atoms. The maximum Gasteiger partial charge on any atom is 0.228 e. The molecule has 0 saturated heterocycles. The van der Waals surface area contributed by atoms with E-state index in [2.05, 4.69) is 142 Å². The van der Waals surface area contributed by atoms with Crippen molar-refractivity contribution in [2.24, 2.45) is 12.5 Å². The number of benzene rings is 4. The van der Waals surface area contributed by atoms with Crippen LogP contribution in [0.2, 0.25) is 0 Å². The Balaban J connectivity index is 1.71. The van der Waals surface area contributed by atoms with Crippen molar-refractivity contribution in [3.8, 4) is 33.9 Å². The van der Waals surface area contributed by atoms with E-state index in [0.717, 1.165) is 17.9 Å². The maximum atomic E-state index is 7.18. The highest BCUT2D eigenvalue weighted by Gasteiger charge is 2.34. The predicted octanol–water partition coefficient (Wildman–Crippen LogP) is 11.5. The average molecular weight is 571 g/mol. The highest BCUT2D eigenvalue weighted by atomic mass is 16.5. The van der Waals surface area contributed by atoms with Crippen molar-refractivity contribution in [1.82, 2.24) is 0 Å². The maximum absolute atomic E-state index is 7.18. The summed E-state index contributed by atoms with van der Waals surface area (Å²) in [7, 11) is 2.18. The van der Waals surface area contributed by atoms with Crippen molar-refractivity contribution in [2.75, 3.05) is 0 Å². The molecule has 2 heterocycles. The number of nitrogens with zero attached hydrogens (tertiary/aromatic N) is 1. The third-order valence-corrected chi connectivity index (χ3v) is 9.31. The molecule has 0 bridgehead atoms. The molecule has 5 aromatic rings. The Morgan fingerprint density at radius 2 is 1.40 bits per heavy atom. The van der Waals surface area contributed by atoms with Crippen LogP contribution in [-0.2, 0) is 13.5 Å². The van der Waals surface area contributed by atoms with Gasteiger partial charge in [-0.1, -0.05) is 98.7 Å². The van der Waals surface area contributed by atoms with Crippen LogP contribution >= 0.6 is 0 Å². The van der Waals surface area contributed by atoms with E-state index in [1.807, 2.05) is 0 Å². The van der Waals surface area contributed by atoms with E-state index in [0.29, 0.717) is 17.8 Å². The molecule has 1 aromatic heterocycles. The van der Waals surface area contributed by atoms with E-state index in [9.17, 15) is 0 Å². The highest BCUT2D eigenvalue weighted by Crippen LogP contribution is 2.53. The highest BCUT2D eigenvalue weighted by molar-refractivity contribution is 6.08. The molecule has 2 nitrogen and oxygen atoms in total. The molecule has 0 fully saturated rings. The topological polar surface area (TPSA) is 13.1 Å². The number of hydrogen-bond donors (Lipinski definition) is 0. The van der Waals surface area contributed by atoms with Gasteiger partial charge in [0.1, 0.15) is 18.5 Å². The number of aromatic nitrogens is 1. The van der Waals surface area contributed by atoms with Crippen LogP contribution in [0.3, 0.4) is 0 Å². The lowest BCUT2D eigenvalue weighted by atomic mass is 9.80. The van der Waals surface area contributed by atoms with Crippen LogP contribution in [0.25, 0.3) is 43.9 Å². The second-order valence-electron chi connectivity index (χ2n) is 14.9. The number of aryl methyl sites for hydroxylation is 2. The average Bonchev–Trinajstić information content (AvgIpc) is 2.95. The number of rotatable bonds is 5. The Hall–Kier alpha value is -3.65. The zero-order valence-corrected chi connectivity index (χ0v) is 28.1. The molecule has 1 aliphatic rings. The Bertz CT molecular complexity index is 1870. The fourth-order valence-electron chi connectivity index (χ4n) is 7.15. The molecule has 6 rings (SSSR count). The summed E-state index contributed by atoms with van der Waals surface area (Å²) in [5, 5.41) is 5.05. The summed E-state index contributed by atoms with van der Waals surface area (Å²) in [6.45, 7) is 23.2. The van der Waals surface area contributed by atoms with Gasteiger partial charge in [0.05, 0.1) is 10.9 Å². The van der Waals surface area contributed by atoms with Crippen molar-refractivity contribution in [2.45, 2.75) is 93.4 Å². The summed E-state index contributed by atoms with van der Waals surface area (Å²) < 4.78 is 9.48. The summed E-state index contributed by atoms with van der Waals surface area (Å²) in [5.74, 6) is 3.31. The van der Waals surface area contributed by atoms with Gasteiger partial charge in [-0.25, -0.2) is 4.57 Å². The van der Waals surface area contributed by atoms with Crippen LogP contribution in [-0.4, -0.2) is 0 Å². The van der Waals surface area contributed by atoms with E-state index in [-0.39, 0.29) is 5.41 Å². The predicted molar refractivity (Wildman–Crippen MR) is 184 cm³/mol. The van der Waals surface area contributed by atoms with Crippen molar-refractivity contribution in [3.05, 3.63) is 88.6 Å². The second-order valence-corrected chi connectivity index (χ2v) is 14.9. The Kier molecular flexibility index (Phi) is 7.19. The lowest BCUT2D eigenvalue weighted by Crippen LogP contribution is -2.32. The molecule has 1 aliphatic heterocycles. The van der Waals surface area contributed by atoms with E-state index >= 15 is 0 Å². The molecule has 43 heavy (non-hydrogen) atoms. The second kappa shape index (κ2) is 10.5. The minimum Gasteiger partial charge on any atom is -0.455 e. The molecule has 0 saturated carbocycles. The van der Waals surface area contributed by atoms with E-state index in [1.165, 1.54) is 71.7 Å². The van der Waals surface area contributed by atoms with Crippen LogP contribution in [0.15, 0.2) is 60.8 Å². The summed E-state index contributed by atoms with van der Waals surface area (Å²) in [4.78, 5) is 0. The van der Waals surface area contributed by atoms with E-state index in [1.54, 1.807) is 0 Å². The summed E-state index contributed by atoms with van der Waals surface area (Å²) >= 11 is 0. The Labute approximate surface area is 258 Å². The Morgan fingerprint density at radius 1 is 0.767 bits per heavy atom. The number of pyridine rings is 1. The van der Waals surface area contributed by atoms with Gasteiger partial charge in [-0.3, -0.25) is 0 Å². The van der Waals surface area contributed by atoms with Crippen molar-refractivity contribution in [3.63, 3.8) is 0 Å². The molecule has 4 aromatic carbocycles. The molecule has 0 atom stereocenters. The molecule has 0 N–H and O–H groups in total. The number of ether oxygens (including phenoxy) is 1. The monoisotopic (exact) mass is 570 g/mol. The van der Waals surface area contributed by atoms with Crippen LogP contribution in [0, 0.1) is 12.3 Å². The fourth-order valence-corrected chi connectivity index (χ4v) is 7.15. The van der Waals surface area contributed by atoms with Crippen molar-refractivity contribution in [1.29, 1.82) is 0 Å². The first kappa shape index (κ1) is 29.4. The smallest absolute Gasteiger partial charge is 0.228 e. The van der Waals surface area contributed by atoms with Crippen LogP contribution in [0.4, 0.5) is 0 Å². The normalized spacial score (nSPS) is 13.0. The standard InChI is InChI=1S/C41H48NO/c1-23(2)28-19-32(24(3)4)37(33(20-28)25(5)6)29-18-27-16-17-42(11)39-36-26(7)30-14-12-13-15-31(30)34(22-41(8,9)10)40(36)43-35(21-29)38(27)39/h12-21,23-25H,22H2,1-11H3/q+1. The minimum absolute atomic E-state index is 0.113. The van der Waals surface area contributed by atoms with Gasteiger partial charge in [-0.05, 0) is 98.2 Å². The lowest BCUT2D eigenvalue weighted by Gasteiger charge is -2.29. The molecular weight excluding hydrogens is 522 g/mol. The molecule has 0 aliphatic carbocycles. The van der Waals surface area contributed by atoms with Gasteiger partial charge in [0, 0.05) is 11.6 Å². The quantitative estimate of drug-likeness (QED) is 0.188. The van der Waals surface area contributed by atoms with Gasteiger partial charge >= 0.3 is 0 Å². The van der Waals surface area contributed by atoms with Crippen LogP contribution in [0.5, 0.6) is 11.5 Å². The van der Waals surface area contributed by atoms with Gasteiger partial charge in [-0.15, -0.1) is 0 Å². The van der Waals surface area contributed by atoms with Gasteiger partial charge < -0.3 is 4.74 Å². The molecule has 2 heteroatoms. The molecule has 222 valence electrons. The number of hydrogen-bond acceptors (Lipinski definition) is 1. The zero-order valence-electron chi connectivity index (χ0n) is 28.1. The Morgan fingerprint density at radius 3 is 1.98 bits per heavy atom. The molecule has 0 amide bonds. The van der Waals surface area contributed by atoms with Crippen molar-refractivity contribution < 1.29 is 9.30 Å². The van der Waals surface area contributed by atoms with E-state index < -0.39 is 0 Å². The molecule has 0 unspecified atom stereocenters. The summed E-state index contributed by atoms with van der Waals surface area (Å²) in [6.07, 6.45) is 3.17. The third kappa shape index (κ3) is 4.93. The van der Waals surface area contributed by atoms with Gasteiger partial charge in [0.15, 0.2) is 6.20 Å². The first-order valence-electron chi connectivity index (χ1n) is 16.1. The zero-order chi connectivity index (χ0) is 31.0. The SMILES string of the molecule is Cc1c2c(c(CC(C)(C)C)c3ccccc13)Oc1cc(-c3c(C(C)C)cc(C(C)C)cc3C(C)C)cc3cc[n+](C)c-2c13. The number of fused-ring (bicyclic) bond motifs is 3. The van der Waals surface area contributed by atoms with Gasteiger partial charge in [0.25, 0.3) is 0 Å². The largest absolute Gasteiger partial charge is 0.455 e. The van der Waals surface area contributed by atoms with Gasteiger partial charge in [0.2, 0.25) is 5.69 Å². The van der Waals surface area contributed by atoms with Crippen molar-refractivity contribution >= 4 is 21.5 Å². The third-order valence-electron chi connectivity index (χ3n) is 9.31. The van der Waals surface area contributed by atoms with Crippen LogP contribution < -0.4 is 9.30 Å². The summed E-state index contributed by atoms with van der Waals surface area (Å²) in [6, 6.07) is 20.8. The first-order valence-corrected chi connectivity index (χ1v) is 16.1. The lowest BCUT2D eigenvalue weighted by molar-refractivity contribution is -0.659. The molecule has 0 radical (unpaired) electrons. The first-order chi connectivity index (χ1) is 20.3. The van der Waals surface area contributed by atoms with Crippen LogP contribution in [0.1, 0.15) is 108 Å². The fraction of sp³-hybridized carbons (Fsp3) is 0.390. The molecular formula is C41H48NO+.